The summed E-state index contributed by atoms with van der Waals surface area (Å²) in [6.07, 6.45) is 5.83. The van der Waals surface area contributed by atoms with Crippen molar-refractivity contribution in [2.24, 2.45) is 23.5 Å². The van der Waals surface area contributed by atoms with Crippen LogP contribution in [0.4, 0.5) is 0 Å². The van der Waals surface area contributed by atoms with E-state index >= 15 is 0 Å². The van der Waals surface area contributed by atoms with Gasteiger partial charge in [-0.25, -0.2) is 0 Å². The van der Waals surface area contributed by atoms with E-state index in [1.165, 1.54) is 25.7 Å². The molecule has 0 heterocycles. The molecule has 2 saturated carbocycles. The Morgan fingerprint density at radius 2 is 1.91 bits per heavy atom. The van der Waals surface area contributed by atoms with E-state index < -0.39 is 0 Å². The van der Waals surface area contributed by atoms with Gasteiger partial charge >= 0.3 is 0 Å². The molecule has 3 atom stereocenters. The van der Waals surface area contributed by atoms with Crippen molar-refractivity contribution in [2.45, 2.75) is 45.1 Å². The second-order valence-electron chi connectivity index (χ2n) is 5.10. The fraction of sp³-hybridized carbons (Fsp3) is 1.00. The van der Waals surface area contributed by atoms with E-state index in [4.69, 9.17) is 5.73 Å². The second-order valence-corrected chi connectivity index (χ2v) is 5.10. The molecule has 64 valence electrons. The van der Waals surface area contributed by atoms with Crippen molar-refractivity contribution in [2.75, 3.05) is 0 Å². The van der Waals surface area contributed by atoms with Gasteiger partial charge < -0.3 is 5.73 Å². The summed E-state index contributed by atoms with van der Waals surface area (Å²) in [6, 6.07) is 0. The Bertz CT molecular complexity index is 157. The van der Waals surface area contributed by atoms with Crippen LogP contribution in [0.3, 0.4) is 0 Å². The zero-order chi connectivity index (χ0) is 8.06. The molecule has 2 aliphatic carbocycles. The lowest BCUT2D eigenvalue weighted by molar-refractivity contribution is 0.219. The molecule has 2 bridgehead atoms. The van der Waals surface area contributed by atoms with E-state index in [1.54, 1.807) is 0 Å². The van der Waals surface area contributed by atoms with Gasteiger partial charge in [-0.1, -0.05) is 6.42 Å². The summed E-state index contributed by atoms with van der Waals surface area (Å²) < 4.78 is 0. The normalized spacial score (nSPS) is 43.4. The molecule has 2 rings (SSSR count). The van der Waals surface area contributed by atoms with Crippen LogP contribution in [-0.4, -0.2) is 5.54 Å². The summed E-state index contributed by atoms with van der Waals surface area (Å²) >= 11 is 0. The first-order chi connectivity index (χ1) is 5.07. The average molecular weight is 153 g/mol. The fourth-order valence-electron chi connectivity index (χ4n) is 3.16. The number of rotatable bonds is 1. The van der Waals surface area contributed by atoms with Crippen molar-refractivity contribution in [3.8, 4) is 0 Å². The molecule has 0 aliphatic heterocycles. The molecule has 0 spiro atoms. The lowest BCUT2D eigenvalue weighted by Gasteiger charge is -2.33. The Balaban J connectivity index is 2.08. The Labute approximate surface area is 69.4 Å². The minimum atomic E-state index is 0.0832. The SMILES string of the molecule is CC(C)(N)C1CC2CCC1C2. The van der Waals surface area contributed by atoms with Crippen LogP contribution in [0.1, 0.15) is 39.5 Å². The van der Waals surface area contributed by atoms with Crippen LogP contribution in [-0.2, 0) is 0 Å². The average Bonchev–Trinajstić information content (AvgIpc) is 2.42. The van der Waals surface area contributed by atoms with Crippen molar-refractivity contribution < 1.29 is 0 Å². The molecule has 0 aromatic rings. The molecule has 1 nitrogen and oxygen atoms in total. The quantitative estimate of drug-likeness (QED) is 0.614. The van der Waals surface area contributed by atoms with Gasteiger partial charge in [0.05, 0.1) is 0 Å². The molecular weight excluding hydrogens is 134 g/mol. The smallest absolute Gasteiger partial charge is 0.0128 e. The van der Waals surface area contributed by atoms with Crippen LogP contribution in [0, 0.1) is 17.8 Å². The van der Waals surface area contributed by atoms with Gasteiger partial charge in [0.15, 0.2) is 0 Å². The molecule has 0 aromatic carbocycles. The highest BCUT2D eigenvalue weighted by molar-refractivity contribution is 4.98. The van der Waals surface area contributed by atoms with Crippen molar-refractivity contribution >= 4 is 0 Å². The van der Waals surface area contributed by atoms with Gasteiger partial charge in [-0.2, -0.15) is 0 Å². The van der Waals surface area contributed by atoms with E-state index in [1.807, 2.05) is 0 Å². The zero-order valence-electron chi connectivity index (χ0n) is 7.64. The fourth-order valence-corrected chi connectivity index (χ4v) is 3.16. The maximum absolute atomic E-state index is 6.13. The second kappa shape index (κ2) is 2.22. The molecule has 2 N–H and O–H groups in total. The van der Waals surface area contributed by atoms with Crippen molar-refractivity contribution in [1.29, 1.82) is 0 Å². The summed E-state index contributed by atoms with van der Waals surface area (Å²) in [5.41, 5.74) is 6.21. The molecule has 3 unspecified atom stereocenters. The molecule has 0 aromatic heterocycles. The summed E-state index contributed by atoms with van der Waals surface area (Å²) in [6.45, 7) is 4.39. The van der Waals surface area contributed by atoms with Gasteiger partial charge in [0.2, 0.25) is 0 Å². The maximum Gasteiger partial charge on any atom is 0.0128 e. The topological polar surface area (TPSA) is 26.0 Å². The van der Waals surface area contributed by atoms with Crippen LogP contribution in [0.2, 0.25) is 0 Å². The largest absolute Gasteiger partial charge is 0.325 e. The van der Waals surface area contributed by atoms with Gasteiger partial charge in [-0.15, -0.1) is 0 Å². The van der Waals surface area contributed by atoms with Crippen LogP contribution in [0.5, 0.6) is 0 Å². The highest BCUT2D eigenvalue weighted by atomic mass is 14.7. The number of hydrogen-bond acceptors (Lipinski definition) is 1. The Kier molecular flexibility index (Phi) is 1.54. The molecule has 11 heavy (non-hydrogen) atoms. The highest BCUT2D eigenvalue weighted by Crippen LogP contribution is 2.51. The van der Waals surface area contributed by atoms with Crippen molar-refractivity contribution in [1.82, 2.24) is 0 Å². The van der Waals surface area contributed by atoms with E-state index in [9.17, 15) is 0 Å². The lowest BCUT2D eigenvalue weighted by atomic mass is 9.77. The third-order valence-corrected chi connectivity index (χ3v) is 3.69. The van der Waals surface area contributed by atoms with Crippen molar-refractivity contribution in [3.05, 3.63) is 0 Å². The first-order valence-electron chi connectivity index (χ1n) is 4.86. The van der Waals surface area contributed by atoms with Crippen LogP contribution >= 0.6 is 0 Å². The third kappa shape index (κ3) is 1.20. The van der Waals surface area contributed by atoms with Gasteiger partial charge in [-0.05, 0) is 50.9 Å². The van der Waals surface area contributed by atoms with E-state index in [2.05, 4.69) is 13.8 Å². The van der Waals surface area contributed by atoms with Crippen LogP contribution in [0.15, 0.2) is 0 Å². The summed E-state index contributed by atoms with van der Waals surface area (Å²) in [5.74, 6) is 2.83. The van der Waals surface area contributed by atoms with Crippen LogP contribution in [0.25, 0.3) is 0 Å². The first-order valence-corrected chi connectivity index (χ1v) is 4.86. The van der Waals surface area contributed by atoms with Gasteiger partial charge in [0.1, 0.15) is 0 Å². The van der Waals surface area contributed by atoms with Gasteiger partial charge in [0.25, 0.3) is 0 Å². The number of hydrogen-bond donors (Lipinski definition) is 1. The molecule has 2 aliphatic rings. The Hall–Kier alpha value is -0.0400. The Morgan fingerprint density at radius 3 is 2.18 bits per heavy atom. The van der Waals surface area contributed by atoms with Gasteiger partial charge in [0, 0.05) is 5.54 Å². The lowest BCUT2D eigenvalue weighted by Crippen LogP contribution is -2.43. The molecule has 0 saturated heterocycles. The predicted octanol–water partition coefficient (Wildman–Crippen LogP) is 2.16. The first kappa shape index (κ1) is 7.60. The summed E-state index contributed by atoms with van der Waals surface area (Å²) in [5, 5.41) is 0. The molecule has 2 fully saturated rings. The molecule has 1 heteroatoms. The standard InChI is InChI=1S/C10H19N/c1-10(2,11)9-6-7-3-4-8(9)5-7/h7-9H,3-6,11H2,1-2H3. The third-order valence-electron chi connectivity index (χ3n) is 3.69. The maximum atomic E-state index is 6.13. The predicted molar refractivity (Wildman–Crippen MR) is 47.2 cm³/mol. The minimum Gasteiger partial charge on any atom is -0.325 e. The van der Waals surface area contributed by atoms with Crippen LogP contribution < -0.4 is 5.73 Å². The molecular formula is C10H19N. The summed E-state index contributed by atoms with van der Waals surface area (Å²) in [7, 11) is 0. The molecule has 0 amide bonds. The van der Waals surface area contributed by atoms with E-state index in [0.29, 0.717) is 0 Å². The zero-order valence-corrected chi connectivity index (χ0v) is 7.64. The van der Waals surface area contributed by atoms with Crippen molar-refractivity contribution in [3.63, 3.8) is 0 Å². The van der Waals surface area contributed by atoms with E-state index in [-0.39, 0.29) is 5.54 Å². The van der Waals surface area contributed by atoms with E-state index in [0.717, 1.165) is 17.8 Å². The Morgan fingerprint density at radius 1 is 1.18 bits per heavy atom. The summed E-state index contributed by atoms with van der Waals surface area (Å²) in [4.78, 5) is 0. The van der Waals surface area contributed by atoms with Gasteiger partial charge in [-0.3, -0.25) is 0 Å². The highest BCUT2D eigenvalue weighted by Gasteiger charge is 2.44. The monoisotopic (exact) mass is 153 g/mol. The minimum absolute atomic E-state index is 0.0832. The number of fused-ring (bicyclic) bond motifs is 2. The number of nitrogens with two attached hydrogens (primary N) is 1. The molecule has 0 radical (unpaired) electrons.